The Morgan fingerprint density at radius 3 is 2.31 bits per heavy atom. The Morgan fingerprint density at radius 2 is 1.80 bits per heavy atom. The Morgan fingerprint density at radius 1 is 1.20 bits per heavy atom. The van der Waals surface area contributed by atoms with Crippen LogP contribution in [0, 0.1) is 5.92 Å². The fraction of sp³-hybridized carbons (Fsp3) is 0.565. The molecule has 1 atom stereocenters. The summed E-state index contributed by atoms with van der Waals surface area (Å²) in [6.45, 7) is 3.72. The minimum atomic E-state index is -4.36. The average Bonchev–Trinajstić information content (AvgIpc) is 3.13. The molecule has 2 N–H and O–H groups in total. The third-order valence-corrected chi connectivity index (χ3v) is 8.43. The maximum atomic E-state index is 12.8. The van der Waals surface area contributed by atoms with Crippen molar-refractivity contribution in [1.82, 2.24) is 15.1 Å². The zero-order chi connectivity index (χ0) is 26.0. The van der Waals surface area contributed by atoms with Gasteiger partial charge in [0.05, 0.1) is 16.0 Å². The van der Waals surface area contributed by atoms with Crippen molar-refractivity contribution in [1.29, 1.82) is 0 Å². The largest absolute Gasteiger partial charge is 0.408 e. The Balaban J connectivity index is 1.68. The Hall–Kier alpha value is -2.27. The van der Waals surface area contributed by atoms with Gasteiger partial charge in [0.25, 0.3) is 5.91 Å². The van der Waals surface area contributed by atoms with E-state index in [1.54, 1.807) is 16.8 Å². The molecule has 1 amide bonds. The normalized spacial score (nSPS) is 19.9. The lowest BCUT2D eigenvalue weighted by Crippen LogP contribution is -2.34. The topological polar surface area (TPSA) is 93.1 Å². The molecule has 1 aliphatic carbocycles. The molecule has 7 nitrogen and oxygen atoms in total. The summed E-state index contributed by atoms with van der Waals surface area (Å²) in [4.78, 5) is 12.8. The van der Waals surface area contributed by atoms with Gasteiger partial charge in [0.2, 0.25) is 0 Å². The van der Waals surface area contributed by atoms with Gasteiger partial charge in [-0.1, -0.05) is 23.7 Å². The van der Waals surface area contributed by atoms with Gasteiger partial charge in [-0.3, -0.25) is 9.48 Å². The first-order valence-corrected chi connectivity index (χ1v) is 13.8. The number of alkyl halides is 3. The molecule has 0 saturated heterocycles. The van der Waals surface area contributed by atoms with E-state index < -0.39 is 28.0 Å². The van der Waals surface area contributed by atoms with Gasteiger partial charge in [-0.15, -0.1) is 0 Å². The zero-order valence-corrected chi connectivity index (χ0v) is 21.4. The Labute approximate surface area is 208 Å². The highest BCUT2D eigenvalue weighted by Crippen LogP contribution is 2.33. The number of amides is 1. The van der Waals surface area contributed by atoms with Gasteiger partial charge in [0.15, 0.2) is 5.69 Å². The number of aromatic nitrogens is 2. The molecule has 1 aromatic heterocycles. The number of sulfone groups is 1. The van der Waals surface area contributed by atoms with Crippen LogP contribution in [0.3, 0.4) is 0 Å². The van der Waals surface area contributed by atoms with Crippen LogP contribution in [0.25, 0.3) is 11.3 Å². The van der Waals surface area contributed by atoms with Crippen LogP contribution >= 0.6 is 11.6 Å². The number of nitrogens with zero attached hydrogens (tertiary/aromatic N) is 2. The summed E-state index contributed by atoms with van der Waals surface area (Å²) in [6.07, 6.45) is -0.501. The lowest BCUT2D eigenvalue weighted by atomic mass is 9.89. The molecule has 1 saturated carbocycles. The van der Waals surface area contributed by atoms with Gasteiger partial charge in [-0.05, 0) is 57.6 Å². The summed E-state index contributed by atoms with van der Waals surface area (Å²) < 4.78 is 63.4. The molecular formula is C23H30ClF3N4O3S. The fourth-order valence-corrected chi connectivity index (χ4v) is 5.69. The van der Waals surface area contributed by atoms with Crippen molar-refractivity contribution in [3.63, 3.8) is 0 Å². The summed E-state index contributed by atoms with van der Waals surface area (Å²) in [5.41, 5.74) is 1.50. The second-order valence-corrected chi connectivity index (χ2v) is 11.7. The van der Waals surface area contributed by atoms with Crippen molar-refractivity contribution in [2.45, 2.75) is 63.5 Å². The highest BCUT2D eigenvalue weighted by molar-refractivity contribution is 7.91. The number of nitrogens with one attached hydrogen (secondary N) is 2. The molecule has 2 aromatic rings. The van der Waals surface area contributed by atoms with Crippen molar-refractivity contribution in [3.8, 4) is 11.3 Å². The Kier molecular flexibility index (Phi) is 8.41. The van der Waals surface area contributed by atoms with Crippen LogP contribution in [-0.2, 0) is 16.4 Å². The van der Waals surface area contributed by atoms with Crippen LogP contribution in [0.15, 0.2) is 24.3 Å². The van der Waals surface area contributed by atoms with Gasteiger partial charge in [0.1, 0.15) is 15.9 Å². The molecule has 12 heteroatoms. The van der Waals surface area contributed by atoms with E-state index in [-0.39, 0.29) is 21.9 Å². The summed E-state index contributed by atoms with van der Waals surface area (Å²) in [5, 5.41) is 9.46. The molecule has 0 radical (unpaired) electrons. The molecule has 1 aromatic carbocycles. The highest BCUT2D eigenvalue weighted by atomic mass is 35.5. The first kappa shape index (κ1) is 27.3. The molecule has 1 heterocycles. The minimum Gasteiger partial charge on any atom is -0.374 e. The summed E-state index contributed by atoms with van der Waals surface area (Å²) in [7, 11) is -3.05. The number of anilines is 1. The number of hydrogen-bond acceptors (Lipinski definition) is 5. The third kappa shape index (κ3) is 6.69. The third-order valence-electron chi connectivity index (χ3n) is 6.39. The maximum absolute atomic E-state index is 12.8. The molecule has 0 aliphatic heterocycles. The molecule has 35 heavy (non-hydrogen) atoms. The molecule has 1 aliphatic rings. The molecule has 194 valence electrons. The predicted molar refractivity (Wildman–Crippen MR) is 130 cm³/mol. The highest BCUT2D eigenvalue weighted by Gasteiger charge is 2.36. The van der Waals surface area contributed by atoms with E-state index in [1.165, 1.54) is 18.4 Å². The van der Waals surface area contributed by atoms with E-state index in [0.29, 0.717) is 55.7 Å². The van der Waals surface area contributed by atoms with E-state index in [9.17, 15) is 26.4 Å². The van der Waals surface area contributed by atoms with E-state index in [4.69, 9.17) is 11.6 Å². The van der Waals surface area contributed by atoms with Crippen LogP contribution in [0.1, 0.15) is 50.0 Å². The smallest absolute Gasteiger partial charge is 0.374 e. The SMILES string of the molecule is CCn1nc(C(=O)NCC2CCC(S(C)(=O)=O)CC2)c(Cl)c1-c1ccc(N[C@H](C)C(F)(F)F)cc1. The summed E-state index contributed by atoms with van der Waals surface area (Å²) in [5.74, 6) is -0.242. The predicted octanol–water partition coefficient (Wildman–Crippen LogP) is 4.92. The van der Waals surface area contributed by atoms with Crippen molar-refractivity contribution < 1.29 is 26.4 Å². The lowest BCUT2D eigenvalue weighted by molar-refractivity contribution is -0.138. The summed E-state index contributed by atoms with van der Waals surface area (Å²) >= 11 is 6.54. The number of carbonyl (C=O) groups is 1. The molecular weight excluding hydrogens is 505 g/mol. The van der Waals surface area contributed by atoms with Crippen molar-refractivity contribution in [3.05, 3.63) is 35.0 Å². The Bertz CT molecular complexity index is 1140. The minimum absolute atomic E-state index is 0.0706. The first-order valence-electron chi connectivity index (χ1n) is 11.5. The number of halogens is 4. The van der Waals surface area contributed by atoms with Gasteiger partial charge in [0, 0.05) is 30.6 Å². The molecule has 3 rings (SSSR count). The van der Waals surface area contributed by atoms with Crippen molar-refractivity contribution >= 4 is 33.0 Å². The van der Waals surface area contributed by atoms with Crippen LogP contribution in [-0.4, -0.2) is 54.4 Å². The number of carbonyl (C=O) groups excluding carboxylic acids is 1. The maximum Gasteiger partial charge on any atom is 0.408 e. The number of aryl methyl sites for hydroxylation is 1. The molecule has 0 spiro atoms. The van der Waals surface area contributed by atoms with E-state index in [0.717, 1.165) is 6.92 Å². The fourth-order valence-electron chi connectivity index (χ4n) is 4.23. The second kappa shape index (κ2) is 10.8. The standard InChI is InChI=1S/C23H30ClF3N4O3S/c1-4-31-21(16-7-9-17(10-8-16)29-14(2)23(25,26)27)19(24)20(30-31)22(32)28-13-15-5-11-18(12-6-15)35(3,33)34/h7-10,14-15,18,29H,4-6,11-13H2,1-3H3,(H,28,32)/t14-,15?,18?/m1/s1. The summed E-state index contributed by atoms with van der Waals surface area (Å²) in [6, 6.07) is 4.60. The van der Waals surface area contributed by atoms with Crippen LogP contribution < -0.4 is 10.6 Å². The van der Waals surface area contributed by atoms with Crippen molar-refractivity contribution in [2.75, 3.05) is 18.1 Å². The first-order chi connectivity index (χ1) is 16.3. The second-order valence-electron chi connectivity index (χ2n) is 8.99. The number of hydrogen-bond donors (Lipinski definition) is 2. The monoisotopic (exact) mass is 534 g/mol. The van der Waals surface area contributed by atoms with Crippen molar-refractivity contribution in [2.24, 2.45) is 5.92 Å². The number of rotatable bonds is 8. The quantitative estimate of drug-likeness (QED) is 0.501. The number of benzene rings is 1. The van der Waals surface area contributed by atoms with Gasteiger partial charge in [-0.2, -0.15) is 18.3 Å². The lowest BCUT2D eigenvalue weighted by Gasteiger charge is -2.27. The molecule has 1 fully saturated rings. The van der Waals surface area contributed by atoms with Gasteiger partial charge < -0.3 is 10.6 Å². The average molecular weight is 535 g/mol. The van der Waals surface area contributed by atoms with E-state index in [1.807, 2.05) is 6.92 Å². The van der Waals surface area contributed by atoms with Crippen LogP contribution in [0.5, 0.6) is 0 Å². The van der Waals surface area contributed by atoms with Crippen LogP contribution in [0.2, 0.25) is 5.02 Å². The van der Waals surface area contributed by atoms with E-state index >= 15 is 0 Å². The zero-order valence-electron chi connectivity index (χ0n) is 19.8. The van der Waals surface area contributed by atoms with Crippen LogP contribution in [0.4, 0.5) is 18.9 Å². The molecule has 0 bridgehead atoms. The molecule has 0 unspecified atom stereocenters. The van der Waals surface area contributed by atoms with E-state index in [2.05, 4.69) is 15.7 Å². The van der Waals surface area contributed by atoms with Gasteiger partial charge >= 0.3 is 6.18 Å². The van der Waals surface area contributed by atoms with Gasteiger partial charge in [-0.25, -0.2) is 8.42 Å².